The molecule has 0 spiro atoms. The molecule has 4 atom stereocenters. The van der Waals surface area contributed by atoms with Crippen LogP contribution in [-0.2, 0) is 35.1 Å². The van der Waals surface area contributed by atoms with E-state index in [2.05, 4.69) is 22.0 Å². The molecular weight excluding hydrogens is 572 g/mol. The molecule has 2 aliphatic heterocycles. The number of benzene rings is 1. The lowest BCUT2D eigenvalue weighted by Gasteiger charge is -2.28. The van der Waals surface area contributed by atoms with Crippen molar-refractivity contribution < 1.29 is 43.6 Å². The molecule has 0 aromatic heterocycles. The molecule has 0 radical (unpaired) electrons. The predicted octanol–water partition coefficient (Wildman–Crippen LogP) is -0.0293. The molecule has 1 aromatic rings. The van der Waals surface area contributed by atoms with Crippen molar-refractivity contribution in [2.45, 2.75) is 69.2 Å². The molecule has 2 heterocycles. The zero-order valence-corrected chi connectivity index (χ0v) is 25.4. The second-order valence-corrected chi connectivity index (χ2v) is 11.7. The van der Waals surface area contributed by atoms with Gasteiger partial charge in [-0.2, -0.15) is 0 Å². The van der Waals surface area contributed by atoms with Crippen LogP contribution < -0.4 is 20.7 Å². The number of allylic oxidation sites excluding steroid dienone is 1. The summed E-state index contributed by atoms with van der Waals surface area (Å²) in [6, 6.07) is 1.22. The van der Waals surface area contributed by atoms with Crippen LogP contribution in [0.4, 0.5) is 0 Å². The van der Waals surface area contributed by atoms with E-state index in [9.17, 15) is 29.4 Å². The van der Waals surface area contributed by atoms with E-state index in [1.54, 1.807) is 13.0 Å². The van der Waals surface area contributed by atoms with E-state index in [4.69, 9.17) is 14.2 Å². The Kier molecular flexibility index (Phi) is 11.7. The number of ether oxygens (including phenoxy) is 3. The van der Waals surface area contributed by atoms with E-state index < -0.39 is 48.1 Å². The topological polar surface area (TPSA) is 179 Å². The largest absolute Gasteiger partial charge is 0.504 e. The van der Waals surface area contributed by atoms with Crippen LogP contribution in [0.5, 0.6) is 11.5 Å². The van der Waals surface area contributed by atoms with Crippen LogP contribution in [-0.4, -0.2) is 116 Å². The highest BCUT2D eigenvalue weighted by Crippen LogP contribution is 2.31. The Morgan fingerprint density at radius 3 is 2.34 bits per heavy atom. The Labute approximate surface area is 257 Å². The molecule has 242 valence electrons. The van der Waals surface area contributed by atoms with Crippen molar-refractivity contribution in [3.63, 3.8) is 0 Å². The lowest BCUT2D eigenvalue weighted by molar-refractivity contribution is -0.135. The standard InChI is InChI=1S/C31H44N4O9/c1-31(19-44-31)28(39)22(14-20-6-4-3-5-7-20)33-29(40)23(15-21-8-9-26(42-2)25(37)16-21)34-30(41)24(18-36)32-27(38)17-35-10-12-43-13-11-35/h6,8-9,16,22-24,36-37H,3-5,7,10-15,17-19H2,1-2H3,(H,32,38)(H,33,40)(H,34,41). The molecule has 0 bridgehead atoms. The van der Waals surface area contributed by atoms with E-state index >= 15 is 0 Å². The highest BCUT2D eigenvalue weighted by Gasteiger charge is 2.50. The molecule has 5 N–H and O–H groups in total. The number of nitrogens with one attached hydrogen (secondary N) is 3. The van der Waals surface area contributed by atoms with E-state index in [0.717, 1.165) is 31.3 Å². The van der Waals surface area contributed by atoms with Gasteiger partial charge in [0.25, 0.3) is 0 Å². The number of ketones is 1. The number of aliphatic hydroxyl groups excluding tert-OH is 1. The van der Waals surface area contributed by atoms with Gasteiger partial charge < -0.3 is 40.4 Å². The number of epoxide rings is 1. The van der Waals surface area contributed by atoms with Crippen LogP contribution in [0.3, 0.4) is 0 Å². The number of morpholine rings is 1. The fourth-order valence-corrected chi connectivity index (χ4v) is 5.43. The third-order valence-electron chi connectivity index (χ3n) is 8.20. The highest BCUT2D eigenvalue weighted by atomic mass is 16.6. The Morgan fingerprint density at radius 1 is 1.02 bits per heavy atom. The molecule has 44 heavy (non-hydrogen) atoms. The highest BCUT2D eigenvalue weighted by molar-refractivity contribution is 5.98. The summed E-state index contributed by atoms with van der Waals surface area (Å²) in [4.78, 5) is 55.0. The first-order chi connectivity index (χ1) is 21.1. The van der Waals surface area contributed by atoms with E-state index in [-0.39, 0.29) is 36.9 Å². The number of carbonyl (C=O) groups is 4. The molecule has 13 nitrogen and oxygen atoms in total. The smallest absolute Gasteiger partial charge is 0.245 e. The number of aromatic hydroxyl groups is 1. The summed E-state index contributed by atoms with van der Waals surface area (Å²) in [5.74, 6) is -1.99. The van der Waals surface area contributed by atoms with Gasteiger partial charge in [-0.15, -0.1) is 0 Å². The second-order valence-electron chi connectivity index (χ2n) is 11.7. The van der Waals surface area contributed by atoms with Crippen LogP contribution in [0.25, 0.3) is 0 Å². The number of hydrogen-bond donors (Lipinski definition) is 5. The van der Waals surface area contributed by atoms with Gasteiger partial charge in [0, 0.05) is 19.5 Å². The van der Waals surface area contributed by atoms with Crippen LogP contribution in [0.15, 0.2) is 29.8 Å². The van der Waals surface area contributed by atoms with Crippen molar-refractivity contribution >= 4 is 23.5 Å². The van der Waals surface area contributed by atoms with Crippen LogP contribution in [0, 0.1) is 0 Å². The summed E-state index contributed by atoms with van der Waals surface area (Å²) in [6.07, 6.45) is 6.23. The van der Waals surface area contributed by atoms with Crippen molar-refractivity contribution in [2.24, 2.45) is 0 Å². The Hall–Kier alpha value is -3.52. The first-order valence-electron chi connectivity index (χ1n) is 15.1. The average molecular weight is 617 g/mol. The number of hydrogen-bond acceptors (Lipinski definition) is 10. The third-order valence-corrected chi connectivity index (χ3v) is 8.20. The molecule has 1 aliphatic carbocycles. The fourth-order valence-electron chi connectivity index (χ4n) is 5.43. The van der Waals surface area contributed by atoms with Gasteiger partial charge in [-0.1, -0.05) is 17.7 Å². The molecule has 13 heteroatoms. The summed E-state index contributed by atoms with van der Waals surface area (Å²) in [7, 11) is 1.41. The van der Waals surface area contributed by atoms with E-state index in [1.807, 2.05) is 4.90 Å². The van der Waals surface area contributed by atoms with Gasteiger partial charge in [-0.05, 0) is 56.7 Å². The maximum absolute atomic E-state index is 13.8. The number of amides is 3. The lowest BCUT2D eigenvalue weighted by Crippen LogP contribution is -2.58. The summed E-state index contributed by atoms with van der Waals surface area (Å²) >= 11 is 0. The predicted molar refractivity (Wildman–Crippen MR) is 159 cm³/mol. The summed E-state index contributed by atoms with van der Waals surface area (Å²) in [5.41, 5.74) is 0.625. The minimum atomic E-state index is -1.31. The monoisotopic (exact) mass is 616 g/mol. The number of rotatable bonds is 15. The fraction of sp³-hybridized carbons (Fsp3) is 0.613. The normalized spacial score (nSPS) is 22.1. The summed E-state index contributed by atoms with van der Waals surface area (Å²) in [5, 5.41) is 28.3. The van der Waals surface area contributed by atoms with Crippen molar-refractivity contribution in [3.05, 3.63) is 35.4 Å². The minimum Gasteiger partial charge on any atom is -0.504 e. The van der Waals surface area contributed by atoms with Gasteiger partial charge in [-0.3, -0.25) is 24.1 Å². The maximum Gasteiger partial charge on any atom is 0.245 e. The maximum atomic E-state index is 13.8. The van der Waals surface area contributed by atoms with Crippen LogP contribution >= 0.6 is 0 Å². The first kappa shape index (κ1) is 33.4. The molecule has 4 rings (SSSR count). The molecule has 4 unspecified atom stereocenters. The van der Waals surface area contributed by atoms with Gasteiger partial charge >= 0.3 is 0 Å². The van der Waals surface area contributed by atoms with Gasteiger partial charge in [0.15, 0.2) is 17.3 Å². The molecule has 2 saturated heterocycles. The van der Waals surface area contributed by atoms with Gasteiger partial charge in [0.2, 0.25) is 17.7 Å². The molecule has 1 aromatic carbocycles. The molecule has 0 saturated carbocycles. The average Bonchev–Trinajstić information content (AvgIpc) is 3.78. The Balaban J connectivity index is 1.50. The number of aliphatic hydroxyl groups is 1. The van der Waals surface area contributed by atoms with Crippen molar-refractivity contribution in [2.75, 3.05) is 53.2 Å². The number of carbonyl (C=O) groups excluding carboxylic acids is 4. The van der Waals surface area contributed by atoms with E-state index in [0.29, 0.717) is 38.3 Å². The van der Waals surface area contributed by atoms with Crippen LogP contribution in [0.1, 0.15) is 44.6 Å². The minimum absolute atomic E-state index is 0.0304. The Bertz CT molecular complexity index is 1230. The van der Waals surface area contributed by atoms with E-state index in [1.165, 1.54) is 19.2 Å². The Morgan fingerprint density at radius 2 is 1.73 bits per heavy atom. The van der Waals surface area contributed by atoms with Crippen molar-refractivity contribution in [1.29, 1.82) is 0 Å². The second kappa shape index (κ2) is 15.5. The number of Topliss-reactive ketones (excluding diaryl/α,β-unsaturated/α-hetero) is 1. The zero-order valence-electron chi connectivity index (χ0n) is 25.4. The van der Waals surface area contributed by atoms with Crippen molar-refractivity contribution in [3.8, 4) is 11.5 Å². The van der Waals surface area contributed by atoms with Crippen LogP contribution in [0.2, 0.25) is 0 Å². The SMILES string of the molecule is COc1ccc(CC(NC(=O)C(CO)NC(=O)CN2CCOCC2)C(=O)NC(CC2=CCCCC2)C(=O)C2(C)CO2)cc1O. The molecule has 2 fully saturated rings. The number of methoxy groups -OCH3 is 1. The summed E-state index contributed by atoms with van der Waals surface area (Å²) < 4.78 is 15.8. The quantitative estimate of drug-likeness (QED) is 0.133. The van der Waals surface area contributed by atoms with Gasteiger partial charge in [0.05, 0.1) is 46.1 Å². The zero-order chi connectivity index (χ0) is 31.7. The third kappa shape index (κ3) is 9.24. The lowest BCUT2D eigenvalue weighted by atomic mass is 9.89. The first-order valence-corrected chi connectivity index (χ1v) is 15.1. The molecule has 3 aliphatic rings. The van der Waals surface area contributed by atoms with Gasteiger partial charge in [0.1, 0.15) is 17.7 Å². The van der Waals surface area contributed by atoms with Gasteiger partial charge in [-0.25, -0.2) is 0 Å². The molecular formula is C31H44N4O9. The molecule has 3 amide bonds. The van der Waals surface area contributed by atoms with Crippen molar-refractivity contribution in [1.82, 2.24) is 20.9 Å². The number of phenols is 1. The number of phenolic OH excluding ortho intramolecular Hbond substituents is 1. The summed E-state index contributed by atoms with van der Waals surface area (Å²) in [6.45, 7) is 3.44. The number of nitrogens with zero attached hydrogens (tertiary/aromatic N) is 1.